The molecule has 0 unspecified atom stereocenters. The van der Waals surface area contributed by atoms with Gasteiger partial charge in [0.2, 0.25) is 0 Å². The van der Waals surface area contributed by atoms with Crippen LogP contribution in [-0.4, -0.2) is 21.6 Å². The van der Waals surface area contributed by atoms with Crippen molar-refractivity contribution < 1.29 is 9.21 Å². The summed E-state index contributed by atoms with van der Waals surface area (Å²) in [6, 6.07) is 14.1. The van der Waals surface area contributed by atoms with Gasteiger partial charge in [0.25, 0.3) is 5.91 Å². The Bertz CT molecular complexity index is 1060. The van der Waals surface area contributed by atoms with Crippen molar-refractivity contribution in [2.45, 2.75) is 13.0 Å². The lowest BCUT2D eigenvalue weighted by molar-refractivity contribution is 0.0945. The summed E-state index contributed by atoms with van der Waals surface area (Å²) in [4.78, 5) is 12.4. The molecule has 0 fully saturated rings. The smallest absolute Gasteiger partial charge is 0.268 e. The molecule has 0 aliphatic rings. The SMILES string of the molecule is Cn1c(C(=O)NCCCn2ccc3ccccc32)cc2oc(Br)cc21. The molecular formula is C19H18BrN3O2. The second kappa shape index (κ2) is 6.44. The molecule has 4 aromatic rings. The third kappa shape index (κ3) is 2.98. The van der Waals surface area contributed by atoms with Crippen LogP contribution >= 0.6 is 15.9 Å². The number of aromatic nitrogens is 2. The van der Waals surface area contributed by atoms with Crippen molar-refractivity contribution in [3.05, 3.63) is 59.0 Å². The van der Waals surface area contributed by atoms with Crippen LogP contribution in [0.2, 0.25) is 0 Å². The number of benzene rings is 1. The Morgan fingerprint density at radius 2 is 2.04 bits per heavy atom. The van der Waals surface area contributed by atoms with E-state index < -0.39 is 0 Å². The predicted octanol–water partition coefficient (Wildman–Crippen LogP) is 4.31. The molecule has 4 rings (SSSR count). The highest BCUT2D eigenvalue weighted by atomic mass is 79.9. The second-order valence-electron chi connectivity index (χ2n) is 6.07. The number of rotatable bonds is 5. The van der Waals surface area contributed by atoms with E-state index in [1.807, 2.05) is 29.8 Å². The number of nitrogens with zero attached hydrogens (tertiary/aromatic N) is 2. The number of hydrogen-bond donors (Lipinski definition) is 1. The first-order valence-electron chi connectivity index (χ1n) is 8.20. The Kier molecular flexibility index (Phi) is 4.13. The number of aryl methyl sites for hydroxylation is 2. The first-order valence-corrected chi connectivity index (χ1v) is 8.99. The summed E-state index contributed by atoms with van der Waals surface area (Å²) in [6.45, 7) is 1.50. The van der Waals surface area contributed by atoms with Crippen LogP contribution in [0.5, 0.6) is 0 Å². The number of para-hydroxylation sites is 1. The highest BCUT2D eigenvalue weighted by Gasteiger charge is 2.15. The van der Waals surface area contributed by atoms with Crippen LogP contribution in [0.3, 0.4) is 0 Å². The number of fused-ring (bicyclic) bond motifs is 2. The van der Waals surface area contributed by atoms with Gasteiger partial charge in [-0.05, 0) is 39.9 Å². The van der Waals surface area contributed by atoms with Crippen molar-refractivity contribution in [2.75, 3.05) is 6.54 Å². The molecule has 0 saturated carbocycles. The molecule has 0 aliphatic heterocycles. The summed E-state index contributed by atoms with van der Waals surface area (Å²) in [6.07, 6.45) is 2.96. The van der Waals surface area contributed by atoms with Crippen LogP contribution in [0.1, 0.15) is 16.9 Å². The number of amides is 1. The Labute approximate surface area is 153 Å². The Morgan fingerprint density at radius 1 is 1.20 bits per heavy atom. The van der Waals surface area contributed by atoms with E-state index in [4.69, 9.17) is 4.42 Å². The molecule has 0 atom stereocenters. The van der Waals surface area contributed by atoms with Gasteiger partial charge in [-0.3, -0.25) is 4.79 Å². The molecule has 0 bridgehead atoms. The minimum absolute atomic E-state index is 0.0811. The molecule has 3 heterocycles. The maximum Gasteiger partial charge on any atom is 0.268 e. The van der Waals surface area contributed by atoms with Crippen LogP contribution in [-0.2, 0) is 13.6 Å². The van der Waals surface area contributed by atoms with E-state index >= 15 is 0 Å². The van der Waals surface area contributed by atoms with Gasteiger partial charge in [0.15, 0.2) is 10.3 Å². The summed E-state index contributed by atoms with van der Waals surface area (Å²) in [7, 11) is 1.87. The van der Waals surface area contributed by atoms with Crippen molar-refractivity contribution in [2.24, 2.45) is 7.05 Å². The fourth-order valence-electron chi connectivity index (χ4n) is 3.18. The molecule has 0 aliphatic carbocycles. The molecule has 0 saturated heterocycles. The van der Waals surface area contributed by atoms with Crippen molar-refractivity contribution in [3.8, 4) is 0 Å². The topological polar surface area (TPSA) is 52.1 Å². The zero-order valence-electron chi connectivity index (χ0n) is 13.8. The summed E-state index contributed by atoms with van der Waals surface area (Å²) in [5.41, 5.74) is 3.43. The van der Waals surface area contributed by atoms with E-state index in [-0.39, 0.29) is 5.91 Å². The second-order valence-corrected chi connectivity index (χ2v) is 6.85. The Balaban J connectivity index is 1.37. The largest absolute Gasteiger partial charge is 0.448 e. The van der Waals surface area contributed by atoms with E-state index in [2.05, 4.69) is 50.2 Å². The minimum atomic E-state index is -0.0811. The molecule has 1 N–H and O–H groups in total. The summed E-state index contributed by atoms with van der Waals surface area (Å²) < 4.78 is 10.2. The molecule has 6 heteroatoms. The van der Waals surface area contributed by atoms with Gasteiger partial charge >= 0.3 is 0 Å². The zero-order valence-corrected chi connectivity index (χ0v) is 15.4. The van der Waals surface area contributed by atoms with Gasteiger partial charge in [0.1, 0.15) is 5.69 Å². The van der Waals surface area contributed by atoms with Gasteiger partial charge in [-0.1, -0.05) is 18.2 Å². The van der Waals surface area contributed by atoms with Crippen molar-refractivity contribution in [1.82, 2.24) is 14.5 Å². The zero-order chi connectivity index (χ0) is 17.4. The molecule has 3 aromatic heterocycles. The van der Waals surface area contributed by atoms with E-state index in [1.165, 1.54) is 10.9 Å². The van der Waals surface area contributed by atoms with Crippen LogP contribution in [0.4, 0.5) is 0 Å². The predicted molar refractivity (Wildman–Crippen MR) is 102 cm³/mol. The van der Waals surface area contributed by atoms with E-state index in [0.29, 0.717) is 22.5 Å². The van der Waals surface area contributed by atoms with Gasteiger partial charge in [-0.2, -0.15) is 0 Å². The van der Waals surface area contributed by atoms with Gasteiger partial charge in [-0.15, -0.1) is 0 Å². The molecule has 5 nitrogen and oxygen atoms in total. The monoisotopic (exact) mass is 399 g/mol. The molecular weight excluding hydrogens is 382 g/mol. The number of hydrogen-bond acceptors (Lipinski definition) is 2. The van der Waals surface area contributed by atoms with Crippen LogP contribution in [0.15, 0.2) is 57.7 Å². The van der Waals surface area contributed by atoms with Crippen LogP contribution in [0.25, 0.3) is 22.0 Å². The lowest BCUT2D eigenvalue weighted by Gasteiger charge is -2.08. The van der Waals surface area contributed by atoms with Crippen molar-refractivity contribution in [3.63, 3.8) is 0 Å². The van der Waals surface area contributed by atoms with Crippen molar-refractivity contribution in [1.29, 1.82) is 0 Å². The molecule has 0 spiro atoms. The van der Waals surface area contributed by atoms with E-state index in [1.54, 1.807) is 6.07 Å². The maximum atomic E-state index is 12.4. The molecule has 1 aromatic carbocycles. The number of halogens is 1. The van der Waals surface area contributed by atoms with Gasteiger partial charge in [0, 0.05) is 44.0 Å². The van der Waals surface area contributed by atoms with Crippen LogP contribution < -0.4 is 5.32 Å². The molecule has 25 heavy (non-hydrogen) atoms. The first kappa shape index (κ1) is 16.0. The maximum absolute atomic E-state index is 12.4. The normalized spacial score (nSPS) is 11.4. The average molecular weight is 400 g/mol. The number of carbonyl (C=O) groups excluding carboxylic acids is 1. The van der Waals surface area contributed by atoms with E-state index in [0.717, 1.165) is 18.5 Å². The summed E-state index contributed by atoms with van der Waals surface area (Å²) >= 11 is 3.30. The number of nitrogens with one attached hydrogen (secondary N) is 1. The van der Waals surface area contributed by atoms with E-state index in [9.17, 15) is 4.79 Å². The number of furan rings is 1. The molecule has 0 radical (unpaired) electrons. The third-order valence-electron chi connectivity index (χ3n) is 4.47. The van der Waals surface area contributed by atoms with Crippen molar-refractivity contribution >= 4 is 43.8 Å². The average Bonchev–Trinajstić information content (AvgIpc) is 3.26. The third-order valence-corrected chi connectivity index (χ3v) is 4.87. The van der Waals surface area contributed by atoms with Gasteiger partial charge < -0.3 is 18.9 Å². The number of carbonyl (C=O) groups is 1. The first-order chi connectivity index (χ1) is 12.1. The quantitative estimate of drug-likeness (QED) is 0.508. The molecule has 1 amide bonds. The van der Waals surface area contributed by atoms with Gasteiger partial charge in [-0.25, -0.2) is 0 Å². The van der Waals surface area contributed by atoms with Crippen LogP contribution in [0, 0.1) is 0 Å². The lowest BCUT2D eigenvalue weighted by Crippen LogP contribution is -2.26. The molecule has 128 valence electrons. The fraction of sp³-hybridized carbons (Fsp3) is 0.211. The Hall–Kier alpha value is -2.47. The summed E-state index contributed by atoms with van der Waals surface area (Å²) in [5, 5.41) is 4.23. The highest BCUT2D eigenvalue weighted by molar-refractivity contribution is 9.10. The van der Waals surface area contributed by atoms with Gasteiger partial charge in [0.05, 0.1) is 5.52 Å². The highest BCUT2D eigenvalue weighted by Crippen LogP contribution is 2.26. The minimum Gasteiger partial charge on any atom is -0.448 e. The fourth-order valence-corrected chi connectivity index (χ4v) is 3.57. The summed E-state index contributed by atoms with van der Waals surface area (Å²) in [5.74, 6) is -0.0811. The Morgan fingerprint density at radius 3 is 2.88 bits per heavy atom. The standard InChI is InChI=1S/C19H18BrN3O2/c1-22-15-12-18(20)25-17(15)11-16(22)19(24)21-8-4-9-23-10-7-13-5-2-3-6-14(13)23/h2-3,5-7,10-12H,4,8-9H2,1H3,(H,21,24). The lowest BCUT2D eigenvalue weighted by atomic mass is 10.2.